The third kappa shape index (κ3) is 2.49. The van der Waals surface area contributed by atoms with Crippen molar-refractivity contribution in [2.75, 3.05) is 5.32 Å². The average molecular weight is 263 g/mol. The lowest BCUT2D eigenvalue weighted by atomic mass is 9.97. The Morgan fingerprint density at radius 3 is 3.05 bits per heavy atom. The second-order valence-corrected chi connectivity index (χ2v) is 4.67. The van der Waals surface area contributed by atoms with Crippen molar-refractivity contribution in [1.82, 2.24) is 14.9 Å². The smallest absolute Gasteiger partial charge is 0.315 e. The maximum absolute atomic E-state index is 12.3. The summed E-state index contributed by atoms with van der Waals surface area (Å²) < 4.78 is 0. The van der Waals surface area contributed by atoms with Crippen molar-refractivity contribution < 1.29 is 9.59 Å². The fraction of sp³-hybridized carbons (Fsp3) is 0.500. The molecule has 1 aliphatic heterocycles. The molecule has 0 fully saturated rings. The summed E-state index contributed by atoms with van der Waals surface area (Å²) in [4.78, 5) is 33.2. The lowest BCUT2D eigenvalue weighted by Gasteiger charge is -2.30. The number of carbonyl (C=O) groups is 2. The summed E-state index contributed by atoms with van der Waals surface area (Å²) >= 11 is 0. The van der Waals surface area contributed by atoms with Crippen LogP contribution >= 0.6 is 0 Å². The van der Waals surface area contributed by atoms with E-state index in [0.29, 0.717) is 11.4 Å². The van der Waals surface area contributed by atoms with E-state index in [2.05, 4.69) is 15.3 Å². The van der Waals surface area contributed by atoms with Crippen molar-refractivity contribution in [1.29, 1.82) is 0 Å². The predicted molar refractivity (Wildman–Crippen MR) is 69.0 cm³/mol. The molecule has 2 heterocycles. The van der Waals surface area contributed by atoms with Gasteiger partial charge in [-0.15, -0.1) is 0 Å². The molecule has 102 valence electrons. The third-order valence-electron chi connectivity index (χ3n) is 3.44. The molecule has 0 radical (unpaired) electrons. The Balaban J connectivity index is 2.42. The third-order valence-corrected chi connectivity index (χ3v) is 3.44. The number of aromatic nitrogens is 2. The van der Waals surface area contributed by atoms with Gasteiger partial charge in [-0.25, -0.2) is 14.8 Å². The van der Waals surface area contributed by atoms with Gasteiger partial charge >= 0.3 is 6.03 Å². The second kappa shape index (κ2) is 5.21. The summed E-state index contributed by atoms with van der Waals surface area (Å²) in [7, 11) is 0. The minimum atomic E-state index is -0.619. The Hall–Kier alpha value is -2.18. The van der Waals surface area contributed by atoms with Gasteiger partial charge in [-0.3, -0.25) is 4.79 Å². The van der Waals surface area contributed by atoms with Crippen LogP contribution in [0.15, 0.2) is 12.5 Å². The molecule has 1 aromatic rings. The highest BCUT2D eigenvalue weighted by Gasteiger charge is 2.36. The molecule has 0 aromatic carbocycles. The van der Waals surface area contributed by atoms with Gasteiger partial charge in [0.25, 0.3) is 0 Å². The number of nitrogens with zero attached hydrogens (tertiary/aromatic N) is 3. The maximum Gasteiger partial charge on any atom is 0.315 e. The van der Waals surface area contributed by atoms with Crippen LogP contribution in [-0.2, 0) is 11.3 Å². The molecule has 3 N–H and O–H groups in total. The number of carbonyl (C=O) groups excluding carboxylic acids is 2. The first kappa shape index (κ1) is 13.3. The molecule has 0 spiro atoms. The highest BCUT2D eigenvalue weighted by atomic mass is 16.2. The molecule has 2 atom stereocenters. The van der Waals surface area contributed by atoms with E-state index < -0.39 is 12.1 Å². The summed E-state index contributed by atoms with van der Waals surface area (Å²) in [6.45, 7) is 4.09. The van der Waals surface area contributed by atoms with Crippen molar-refractivity contribution in [2.24, 2.45) is 11.7 Å². The summed E-state index contributed by atoms with van der Waals surface area (Å²) in [6, 6.07) is -1.20. The normalized spacial score (nSPS) is 20.2. The molecule has 0 aliphatic carbocycles. The standard InChI is InChI=1S/C12H17N5O2/c1-3-7(2)10-11(18)16-8-4-14-6-15-9(8)5-17(10)12(13)19/h4,6-7,10H,3,5H2,1-2H3,(H2,13,19)(H,16,18)/t7-,10-/m0/s1. The molecule has 3 amide bonds. The molecular formula is C12H17N5O2. The van der Waals surface area contributed by atoms with E-state index in [0.717, 1.165) is 6.42 Å². The Morgan fingerprint density at radius 1 is 1.68 bits per heavy atom. The quantitative estimate of drug-likeness (QED) is 0.821. The van der Waals surface area contributed by atoms with Crippen molar-refractivity contribution in [3.05, 3.63) is 18.2 Å². The zero-order chi connectivity index (χ0) is 14.0. The SMILES string of the molecule is CC[C@H](C)[C@H]1C(=O)Nc2cncnc2CN1C(N)=O. The Morgan fingerprint density at radius 2 is 2.42 bits per heavy atom. The van der Waals surface area contributed by atoms with Crippen LogP contribution < -0.4 is 11.1 Å². The molecule has 0 bridgehead atoms. The first-order chi connectivity index (χ1) is 9.04. The number of nitrogens with two attached hydrogens (primary N) is 1. The number of amides is 3. The second-order valence-electron chi connectivity index (χ2n) is 4.67. The zero-order valence-electron chi connectivity index (χ0n) is 11.0. The highest BCUT2D eigenvalue weighted by Crippen LogP contribution is 2.24. The molecule has 0 saturated carbocycles. The fourth-order valence-electron chi connectivity index (χ4n) is 2.20. The lowest BCUT2D eigenvalue weighted by molar-refractivity contribution is -0.121. The minimum absolute atomic E-state index is 0.00905. The van der Waals surface area contributed by atoms with Crippen molar-refractivity contribution in [3.63, 3.8) is 0 Å². The van der Waals surface area contributed by atoms with E-state index in [1.165, 1.54) is 17.4 Å². The van der Waals surface area contributed by atoms with Crippen LogP contribution in [0.3, 0.4) is 0 Å². The highest BCUT2D eigenvalue weighted by molar-refractivity contribution is 5.98. The molecule has 1 aliphatic rings. The van der Waals surface area contributed by atoms with Crippen LogP contribution in [0.25, 0.3) is 0 Å². The number of fused-ring (bicyclic) bond motifs is 1. The van der Waals surface area contributed by atoms with Crippen LogP contribution in [0.4, 0.5) is 10.5 Å². The van der Waals surface area contributed by atoms with Crippen LogP contribution in [0, 0.1) is 5.92 Å². The average Bonchev–Trinajstić information content (AvgIpc) is 2.53. The van der Waals surface area contributed by atoms with Crippen LogP contribution in [0.5, 0.6) is 0 Å². The van der Waals surface area contributed by atoms with Gasteiger partial charge in [0.05, 0.1) is 24.1 Å². The van der Waals surface area contributed by atoms with Gasteiger partial charge in [-0.1, -0.05) is 20.3 Å². The molecule has 0 unspecified atom stereocenters. The van der Waals surface area contributed by atoms with E-state index in [4.69, 9.17) is 5.73 Å². The van der Waals surface area contributed by atoms with E-state index in [-0.39, 0.29) is 18.4 Å². The molecule has 7 heteroatoms. The molecular weight excluding hydrogens is 246 g/mol. The van der Waals surface area contributed by atoms with Gasteiger partial charge < -0.3 is 16.0 Å². The monoisotopic (exact) mass is 263 g/mol. The number of nitrogens with one attached hydrogen (secondary N) is 1. The van der Waals surface area contributed by atoms with Crippen molar-refractivity contribution in [2.45, 2.75) is 32.9 Å². The maximum atomic E-state index is 12.3. The van der Waals surface area contributed by atoms with Gasteiger partial charge in [0.15, 0.2) is 0 Å². The van der Waals surface area contributed by atoms with Crippen LogP contribution in [0.2, 0.25) is 0 Å². The van der Waals surface area contributed by atoms with Gasteiger partial charge in [0, 0.05) is 0 Å². The molecule has 7 nitrogen and oxygen atoms in total. The van der Waals surface area contributed by atoms with E-state index in [1.54, 1.807) is 0 Å². The Labute approximate surface area is 111 Å². The van der Waals surface area contributed by atoms with E-state index in [9.17, 15) is 9.59 Å². The van der Waals surface area contributed by atoms with Crippen LogP contribution in [0.1, 0.15) is 26.0 Å². The number of anilines is 1. The van der Waals surface area contributed by atoms with Crippen LogP contribution in [-0.4, -0.2) is 32.8 Å². The number of rotatable bonds is 2. The molecule has 19 heavy (non-hydrogen) atoms. The summed E-state index contributed by atoms with van der Waals surface area (Å²) in [5.74, 6) is -0.239. The van der Waals surface area contributed by atoms with Crippen molar-refractivity contribution in [3.8, 4) is 0 Å². The van der Waals surface area contributed by atoms with E-state index >= 15 is 0 Å². The first-order valence-electron chi connectivity index (χ1n) is 6.20. The van der Waals surface area contributed by atoms with E-state index in [1.807, 2.05) is 13.8 Å². The molecule has 2 rings (SSSR count). The number of hydrogen-bond donors (Lipinski definition) is 2. The Kier molecular flexibility index (Phi) is 3.64. The minimum Gasteiger partial charge on any atom is -0.351 e. The number of urea groups is 1. The van der Waals surface area contributed by atoms with Gasteiger partial charge in [0.2, 0.25) is 5.91 Å². The topological polar surface area (TPSA) is 101 Å². The molecule has 0 saturated heterocycles. The van der Waals surface area contributed by atoms with Crippen molar-refractivity contribution >= 4 is 17.6 Å². The number of hydrogen-bond acceptors (Lipinski definition) is 4. The zero-order valence-corrected chi connectivity index (χ0v) is 11.0. The summed E-state index contributed by atoms with van der Waals surface area (Å²) in [5.41, 5.74) is 6.53. The fourth-order valence-corrected chi connectivity index (χ4v) is 2.20. The Bertz CT molecular complexity index is 505. The number of primary amides is 1. The predicted octanol–water partition coefficient (Wildman–Crippen LogP) is 0.724. The lowest BCUT2D eigenvalue weighted by Crippen LogP contribution is -2.50. The first-order valence-corrected chi connectivity index (χ1v) is 6.20. The molecule has 1 aromatic heterocycles. The van der Waals surface area contributed by atoms with Gasteiger partial charge in [0.1, 0.15) is 12.4 Å². The summed E-state index contributed by atoms with van der Waals surface area (Å²) in [6.07, 6.45) is 3.68. The van der Waals surface area contributed by atoms with Gasteiger partial charge in [-0.05, 0) is 5.92 Å². The largest absolute Gasteiger partial charge is 0.351 e. The van der Waals surface area contributed by atoms with Gasteiger partial charge in [-0.2, -0.15) is 0 Å². The summed E-state index contributed by atoms with van der Waals surface area (Å²) in [5, 5.41) is 2.76.